The predicted octanol–water partition coefficient (Wildman–Crippen LogP) is 3.68. The van der Waals surface area contributed by atoms with E-state index < -0.39 is 23.2 Å². The fourth-order valence-corrected chi connectivity index (χ4v) is 4.79. The van der Waals surface area contributed by atoms with Crippen LogP contribution < -0.4 is 19.6 Å². The first-order chi connectivity index (χ1) is 16.5. The smallest absolute Gasteiger partial charge is 0.291 e. The molecule has 5 rings (SSSR count). The number of benzene rings is 2. The van der Waals surface area contributed by atoms with Gasteiger partial charge in [-0.15, -0.1) is 0 Å². The normalized spacial score (nSPS) is 19.5. The lowest BCUT2D eigenvalue weighted by Crippen LogP contribution is -2.36. The zero-order valence-electron chi connectivity index (χ0n) is 19.1. The van der Waals surface area contributed by atoms with E-state index in [9.17, 15) is 14.0 Å². The molecule has 0 saturated carbocycles. The molecule has 2 aliphatic heterocycles. The highest BCUT2D eigenvalue weighted by atomic mass is 19.1. The number of hydrogen-bond donors (Lipinski definition) is 0. The second-order valence-electron chi connectivity index (χ2n) is 8.27. The van der Waals surface area contributed by atoms with E-state index >= 15 is 0 Å². The number of carbonyl (C=O) groups excluding carboxylic acids is 1. The van der Waals surface area contributed by atoms with Gasteiger partial charge in [-0.25, -0.2) is 4.39 Å². The lowest BCUT2D eigenvalue weighted by molar-refractivity contribution is 0.0486. The van der Waals surface area contributed by atoms with Gasteiger partial charge in [0.25, 0.3) is 5.91 Å². The average molecular weight is 469 g/mol. The molecular weight excluding hydrogens is 445 g/mol. The van der Waals surface area contributed by atoms with Crippen molar-refractivity contribution in [2.24, 2.45) is 0 Å². The quantitative estimate of drug-likeness (QED) is 0.544. The number of amides is 1. The van der Waals surface area contributed by atoms with Crippen molar-refractivity contribution < 1.29 is 32.5 Å². The summed E-state index contributed by atoms with van der Waals surface area (Å²) in [6.07, 6.45) is 1.54. The number of nitrogens with zero attached hydrogens (tertiary/aromatic N) is 1. The third kappa shape index (κ3) is 3.47. The summed E-state index contributed by atoms with van der Waals surface area (Å²) < 4.78 is 42.0. The van der Waals surface area contributed by atoms with E-state index in [0.29, 0.717) is 29.4 Å². The van der Waals surface area contributed by atoms with E-state index in [0.717, 1.165) is 18.9 Å². The zero-order valence-corrected chi connectivity index (χ0v) is 19.1. The monoisotopic (exact) mass is 469 g/mol. The molecule has 1 fully saturated rings. The molecule has 0 aliphatic carbocycles. The standard InChI is InChI=1S/C25H24FNO7/c1-30-18-9-13(10-19(31-2)23(18)32-3)21-20-22(28)16-11-14(26)6-7-17(16)34-24(20)25(29)27(21)12-15-5-4-8-33-15/h6-7,9-11,15,21H,4-5,8,12H2,1-3H3/t15-,21+/m0/s1. The van der Waals surface area contributed by atoms with Gasteiger partial charge in [-0.1, -0.05) is 0 Å². The van der Waals surface area contributed by atoms with Gasteiger partial charge >= 0.3 is 0 Å². The number of methoxy groups -OCH3 is 3. The van der Waals surface area contributed by atoms with Crippen molar-refractivity contribution in [1.29, 1.82) is 0 Å². The Morgan fingerprint density at radius 1 is 1.06 bits per heavy atom. The van der Waals surface area contributed by atoms with Crippen molar-refractivity contribution in [1.82, 2.24) is 4.90 Å². The highest BCUT2D eigenvalue weighted by molar-refractivity contribution is 5.99. The molecule has 8 nitrogen and oxygen atoms in total. The number of halogens is 1. The topological polar surface area (TPSA) is 87.4 Å². The van der Waals surface area contributed by atoms with Gasteiger partial charge in [0.2, 0.25) is 11.5 Å². The third-order valence-corrected chi connectivity index (χ3v) is 6.35. The summed E-state index contributed by atoms with van der Waals surface area (Å²) >= 11 is 0. The van der Waals surface area contributed by atoms with E-state index in [4.69, 9.17) is 23.4 Å². The molecule has 1 amide bonds. The molecular formula is C25H24FNO7. The van der Waals surface area contributed by atoms with Crippen molar-refractivity contribution in [3.05, 3.63) is 63.3 Å². The maximum atomic E-state index is 14.0. The van der Waals surface area contributed by atoms with Gasteiger partial charge in [0.15, 0.2) is 16.9 Å². The first-order valence-electron chi connectivity index (χ1n) is 11.0. The summed E-state index contributed by atoms with van der Waals surface area (Å²) in [6, 6.07) is 6.28. The molecule has 1 saturated heterocycles. The number of hydrogen-bond acceptors (Lipinski definition) is 7. The van der Waals surface area contributed by atoms with Crippen LogP contribution in [0.25, 0.3) is 11.0 Å². The van der Waals surface area contributed by atoms with Crippen LogP contribution in [0, 0.1) is 5.82 Å². The van der Waals surface area contributed by atoms with Gasteiger partial charge in [-0.3, -0.25) is 9.59 Å². The maximum absolute atomic E-state index is 14.0. The summed E-state index contributed by atoms with van der Waals surface area (Å²) in [5.41, 5.74) is 0.414. The van der Waals surface area contributed by atoms with Gasteiger partial charge in [-0.05, 0) is 48.7 Å². The van der Waals surface area contributed by atoms with Gasteiger partial charge in [0.05, 0.1) is 44.4 Å². The minimum absolute atomic E-state index is 0.0548. The van der Waals surface area contributed by atoms with Crippen LogP contribution in [-0.2, 0) is 4.74 Å². The van der Waals surface area contributed by atoms with Gasteiger partial charge in [-0.2, -0.15) is 0 Å². The van der Waals surface area contributed by atoms with Crippen molar-refractivity contribution in [3.8, 4) is 17.2 Å². The molecule has 0 spiro atoms. The maximum Gasteiger partial charge on any atom is 0.291 e. The van der Waals surface area contributed by atoms with Gasteiger partial charge in [0, 0.05) is 13.2 Å². The van der Waals surface area contributed by atoms with Crippen molar-refractivity contribution in [2.45, 2.75) is 25.0 Å². The molecule has 178 valence electrons. The Balaban J connectivity index is 1.75. The van der Waals surface area contributed by atoms with Crippen LogP contribution in [0.1, 0.15) is 40.6 Å². The average Bonchev–Trinajstić information content (AvgIpc) is 3.46. The van der Waals surface area contributed by atoms with Crippen LogP contribution in [0.2, 0.25) is 0 Å². The third-order valence-electron chi connectivity index (χ3n) is 6.35. The largest absolute Gasteiger partial charge is 0.493 e. The van der Waals surface area contributed by atoms with Crippen LogP contribution in [0.5, 0.6) is 17.2 Å². The first-order valence-corrected chi connectivity index (χ1v) is 11.0. The summed E-state index contributed by atoms with van der Waals surface area (Å²) in [4.78, 5) is 28.7. The lowest BCUT2D eigenvalue weighted by Gasteiger charge is -2.28. The first kappa shape index (κ1) is 22.2. The van der Waals surface area contributed by atoms with Crippen LogP contribution in [0.4, 0.5) is 4.39 Å². The van der Waals surface area contributed by atoms with Gasteiger partial charge in [0.1, 0.15) is 11.4 Å². The molecule has 0 radical (unpaired) electrons. The molecule has 0 bridgehead atoms. The second kappa shape index (κ2) is 8.64. The van der Waals surface area contributed by atoms with E-state index in [2.05, 4.69) is 0 Å². The molecule has 2 atom stereocenters. The van der Waals surface area contributed by atoms with E-state index in [1.54, 1.807) is 17.0 Å². The van der Waals surface area contributed by atoms with Crippen LogP contribution in [-0.4, -0.2) is 51.4 Å². The minimum atomic E-state index is -0.802. The molecule has 1 aromatic heterocycles. The van der Waals surface area contributed by atoms with Crippen LogP contribution >= 0.6 is 0 Å². The Labute approximate surface area is 194 Å². The Bertz CT molecular complexity index is 1300. The fraction of sp³-hybridized carbons (Fsp3) is 0.360. The number of carbonyl (C=O) groups is 1. The van der Waals surface area contributed by atoms with E-state index in [-0.39, 0.29) is 34.9 Å². The SMILES string of the molecule is COc1cc([C@@H]2c3c(oc4ccc(F)cc4c3=O)C(=O)N2C[C@@H]2CCCO2)cc(OC)c1OC. The second-order valence-corrected chi connectivity index (χ2v) is 8.27. The number of ether oxygens (including phenoxy) is 4. The Hall–Kier alpha value is -3.59. The molecule has 2 aromatic carbocycles. The molecule has 2 aliphatic rings. The molecule has 0 N–H and O–H groups in total. The fourth-order valence-electron chi connectivity index (χ4n) is 4.79. The Kier molecular flexibility index (Phi) is 5.65. The van der Waals surface area contributed by atoms with Crippen molar-refractivity contribution in [3.63, 3.8) is 0 Å². The molecule has 3 heterocycles. The molecule has 3 aromatic rings. The number of rotatable bonds is 6. The van der Waals surface area contributed by atoms with E-state index in [1.165, 1.54) is 33.5 Å². The lowest BCUT2D eigenvalue weighted by atomic mass is 9.97. The summed E-state index contributed by atoms with van der Waals surface area (Å²) in [6.45, 7) is 0.892. The molecule has 0 unspecified atom stereocenters. The Morgan fingerprint density at radius 3 is 2.41 bits per heavy atom. The molecule has 9 heteroatoms. The Morgan fingerprint density at radius 2 is 1.79 bits per heavy atom. The highest BCUT2D eigenvalue weighted by Crippen LogP contribution is 2.45. The summed E-state index contributed by atoms with van der Waals surface area (Å²) in [7, 11) is 4.47. The van der Waals surface area contributed by atoms with Crippen molar-refractivity contribution >= 4 is 16.9 Å². The number of fused-ring (bicyclic) bond motifs is 2. The van der Waals surface area contributed by atoms with Crippen LogP contribution in [0.15, 0.2) is 39.5 Å². The zero-order chi connectivity index (χ0) is 24.0. The summed E-state index contributed by atoms with van der Waals surface area (Å²) in [5.74, 6) is 0.103. The summed E-state index contributed by atoms with van der Waals surface area (Å²) in [5, 5.41) is 0.0722. The van der Waals surface area contributed by atoms with Crippen LogP contribution in [0.3, 0.4) is 0 Å². The predicted molar refractivity (Wildman–Crippen MR) is 120 cm³/mol. The van der Waals surface area contributed by atoms with E-state index in [1.807, 2.05) is 0 Å². The van der Waals surface area contributed by atoms with Gasteiger partial charge < -0.3 is 28.3 Å². The highest BCUT2D eigenvalue weighted by Gasteiger charge is 2.44. The van der Waals surface area contributed by atoms with Crippen molar-refractivity contribution in [2.75, 3.05) is 34.5 Å². The minimum Gasteiger partial charge on any atom is -0.493 e. The molecule has 34 heavy (non-hydrogen) atoms.